The van der Waals surface area contributed by atoms with Crippen molar-refractivity contribution in [1.82, 2.24) is 0 Å². The molecule has 0 bridgehead atoms. The van der Waals surface area contributed by atoms with E-state index < -0.39 is 0 Å². The van der Waals surface area contributed by atoms with Gasteiger partial charge in [-0.1, -0.05) is 140 Å². The van der Waals surface area contributed by atoms with Crippen molar-refractivity contribution in [2.24, 2.45) is 17.3 Å². The van der Waals surface area contributed by atoms with E-state index in [9.17, 15) is 0 Å². The molecule has 0 saturated heterocycles. The summed E-state index contributed by atoms with van der Waals surface area (Å²) in [7, 11) is 0. The van der Waals surface area contributed by atoms with Crippen LogP contribution in [0, 0.1) is 17.3 Å². The Morgan fingerprint density at radius 2 is 1.00 bits per heavy atom. The molecule has 0 radical (unpaired) electrons. The zero-order valence-electron chi connectivity index (χ0n) is 20.8. The van der Waals surface area contributed by atoms with Crippen LogP contribution < -0.4 is 0 Å². The quantitative estimate of drug-likeness (QED) is 0.285. The van der Waals surface area contributed by atoms with E-state index in [-0.39, 0.29) is 0 Å². The highest BCUT2D eigenvalue weighted by atomic mass is 14.3. The van der Waals surface area contributed by atoms with Crippen molar-refractivity contribution in [2.75, 3.05) is 0 Å². The normalized spacial score (nSPS) is 13.2. The van der Waals surface area contributed by atoms with E-state index in [1.165, 1.54) is 83.5 Å². The SMILES string of the molecule is CC.CCCC(CC)CCC(C)(CC)CC.CCCC[C@@H](CC)CCC. The fourth-order valence-electron chi connectivity index (χ4n) is 3.57. The molecule has 0 nitrogen and oxygen atoms in total. The second-order valence-electron chi connectivity index (χ2n) is 8.32. The highest BCUT2D eigenvalue weighted by Gasteiger charge is 2.20. The van der Waals surface area contributed by atoms with Crippen LogP contribution in [0.5, 0.6) is 0 Å². The molecular formula is C26H58. The van der Waals surface area contributed by atoms with Crippen LogP contribution in [0.25, 0.3) is 0 Å². The van der Waals surface area contributed by atoms with Gasteiger partial charge in [-0.15, -0.1) is 0 Å². The van der Waals surface area contributed by atoms with E-state index in [0.29, 0.717) is 5.41 Å². The van der Waals surface area contributed by atoms with Gasteiger partial charge < -0.3 is 0 Å². The average Bonchev–Trinajstić information content (AvgIpc) is 2.70. The maximum absolute atomic E-state index is 2.45. The monoisotopic (exact) mass is 370 g/mol. The van der Waals surface area contributed by atoms with Gasteiger partial charge in [-0.05, 0) is 30.1 Å². The molecule has 1 unspecified atom stereocenters. The highest BCUT2D eigenvalue weighted by molar-refractivity contribution is 4.72. The predicted molar refractivity (Wildman–Crippen MR) is 126 cm³/mol. The molecule has 0 heteroatoms. The third-order valence-electron chi connectivity index (χ3n) is 6.38. The minimum absolute atomic E-state index is 0.612. The zero-order chi connectivity index (χ0) is 20.8. The first-order chi connectivity index (χ1) is 12.5. The molecule has 2 atom stereocenters. The Labute approximate surface area is 170 Å². The van der Waals surface area contributed by atoms with Crippen molar-refractivity contribution in [3.8, 4) is 0 Å². The fourth-order valence-corrected chi connectivity index (χ4v) is 3.57. The van der Waals surface area contributed by atoms with Crippen LogP contribution in [-0.4, -0.2) is 0 Å². The molecule has 0 N–H and O–H groups in total. The molecule has 0 aromatic rings. The largest absolute Gasteiger partial charge is 0.0683 e. The van der Waals surface area contributed by atoms with Gasteiger partial charge in [0.15, 0.2) is 0 Å². The Bertz CT molecular complexity index is 226. The molecule has 0 aromatic heterocycles. The summed E-state index contributed by atoms with van der Waals surface area (Å²) in [5.41, 5.74) is 0.612. The van der Waals surface area contributed by atoms with Gasteiger partial charge in [-0.25, -0.2) is 0 Å². The molecule has 0 saturated carbocycles. The lowest BCUT2D eigenvalue weighted by Gasteiger charge is -2.28. The molecule has 0 fully saturated rings. The van der Waals surface area contributed by atoms with Crippen LogP contribution in [0.4, 0.5) is 0 Å². The minimum Gasteiger partial charge on any atom is -0.0683 e. The first-order valence-electron chi connectivity index (χ1n) is 12.5. The average molecular weight is 371 g/mol. The smallest absolute Gasteiger partial charge is 0.0331 e. The maximum Gasteiger partial charge on any atom is -0.0331 e. The van der Waals surface area contributed by atoms with E-state index >= 15 is 0 Å². The van der Waals surface area contributed by atoms with Crippen LogP contribution in [0.3, 0.4) is 0 Å². The molecular weight excluding hydrogens is 312 g/mol. The lowest BCUT2D eigenvalue weighted by molar-refractivity contribution is 0.237. The van der Waals surface area contributed by atoms with Gasteiger partial charge in [0, 0.05) is 0 Å². The Hall–Kier alpha value is 0. The van der Waals surface area contributed by atoms with Gasteiger partial charge in [-0.3, -0.25) is 0 Å². The number of hydrogen-bond acceptors (Lipinski definition) is 0. The van der Waals surface area contributed by atoms with Crippen LogP contribution in [0.1, 0.15) is 153 Å². The molecule has 0 rings (SSSR count). The Morgan fingerprint density at radius 3 is 1.31 bits per heavy atom. The Kier molecular flexibility index (Phi) is 27.2. The summed E-state index contributed by atoms with van der Waals surface area (Å²) in [6, 6.07) is 0. The Morgan fingerprint density at radius 1 is 0.577 bits per heavy atom. The standard InChI is InChI=1S/C14H30.C10H22.C2H6/c1-6-10-13(7-2)11-12-14(5,8-3)9-4;1-4-7-9-10(6-3)8-5-2;1-2/h13H,6-12H2,1-5H3;10H,4-9H2,1-3H3;1-2H3/t;10-;/m.0./s1. The van der Waals surface area contributed by atoms with Crippen molar-refractivity contribution in [3.05, 3.63) is 0 Å². The lowest BCUT2D eigenvalue weighted by atomic mass is 9.77. The predicted octanol–water partition coefficient (Wildman–Crippen LogP) is 10.4. The van der Waals surface area contributed by atoms with Gasteiger partial charge in [0.1, 0.15) is 0 Å². The molecule has 0 heterocycles. The fraction of sp³-hybridized carbons (Fsp3) is 1.00. The molecule has 0 aliphatic rings. The summed E-state index contributed by atoms with van der Waals surface area (Å²) in [4.78, 5) is 0. The molecule has 0 spiro atoms. The van der Waals surface area contributed by atoms with E-state index in [1.807, 2.05) is 13.8 Å². The van der Waals surface area contributed by atoms with Crippen LogP contribution in [-0.2, 0) is 0 Å². The van der Waals surface area contributed by atoms with Crippen molar-refractivity contribution < 1.29 is 0 Å². The van der Waals surface area contributed by atoms with Crippen molar-refractivity contribution in [2.45, 2.75) is 153 Å². The van der Waals surface area contributed by atoms with Crippen LogP contribution in [0.2, 0.25) is 0 Å². The molecule has 0 aliphatic carbocycles. The summed E-state index contributed by atoms with van der Waals surface area (Å²) in [6.07, 6.45) is 18.1. The van der Waals surface area contributed by atoms with Gasteiger partial charge in [0.2, 0.25) is 0 Å². The van der Waals surface area contributed by atoms with Gasteiger partial charge in [0.05, 0.1) is 0 Å². The molecule has 0 aromatic carbocycles. The molecule has 0 amide bonds. The topological polar surface area (TPSA) is 0 Å². The number of unbranched alkanes of at least 4 members (excludes halogenated alkanes) is 1. The minimum atomic E-state index is 0.612. The first kappa shape index (κ1) is 30.7. The Balaban J connectivity index is -0.000000388. The summed E-state index contributed by atoms with van der Waals surface area (Å²) >= 11 is 0. The first-order valence-corrected chi connectivity index (χ1v) is 12.5. The molecule has 162 valence electrons. The second kappa shape index (κ2) is 23.0. The van der Waals surface area contributed by atoms with E-state index in [1.54, 1.807) is 0 Å². The number of hydrogen-bond donors (Lipinski definition) is 0. The lowest BCUT2D eigenvalue weighted by Crippen LogP contribution is -2.15. The van der Waals surface area contributed by atoms with Crippen LogP contribution >= 0.6 is 0 Å². The van der Waals surface area contributed by atoms with Gasteiger partial charge in [-0.2, -0.15) is 0 Å². The summed E-state index contributed by atoms with van der Waals surface area (Å²) in [5, 5.41) is 0. The van der Waals surface area contributed by atoms with Crippen LogP contribution in [0.15, 0.2) is 0 Å². The third-order valence-corrected chi connectivity index (χ3v) is 6.38. The summed E-state index contributed by atoms with van der Waals surface area (Å²) < 4.78 is 0. The van der Waals surface area contributed by atoms with Gasteiger partial charge in [0.25, 0.3) is 0 Å². The van der Waals surface area contributed by atoms with Gasteiger partial charge >= 0.3 is 0 Å². The van der Waals surface area contributed by atoms with Crippen molar-refractivity contribution >= 4 is 0 Å². The summed E-state index contributed by atoms with van der Waals surface area (Å²) in [5.74, 6) is 2.00. The van der Waals surface area contributed by atoms with Crippen molar-refractivity contribution in [1.29, 1.82) is 0 Å². The van der Waals surface area contributed by atoms with Crippen molar-refractivity contribution in [3.63, 3.8) is 0 Å². The molecule has 26 heavy (non-hydrogen) atoms. The van der Waals surface area contributed by atoms with E-state index in [4.69, 9.17) is 0 Å². The van der Waals surface area contributed by atoms with E-state index in [2.05, 4.69) is 55.4 Å². The second-order valence-corrected chi connectivity index (χ2v) is 8.32. The maximum atomic E-state index is 2.45. The third kappa shape index (κ3) is 18.8. The zero-order valence-corrected chi connectivity index (χ0v) is 20.8. The van der Waals surface area contributed by atoms with E-state index in [0.717, 1.165) is 11.8 Å². The highest BCUT2D eigenvalue weighted by Crippen LogP contribution is 2.33. The number of rotatable bonds is 14. The summed E-state index contributed by atoms with van der Waals surface area (Å²) in [6.45, 7) is 22.7. The molecule has 0 aliphatic heterocycles.